The molecule has 0 spiro atoms. The summed E-state index contributed by atoms with van der Waals surface area (Å²) in [7, 11) is 0. The maximum Gasteiger partial charge on any atom is 0.0741 e. The molecule has 0 radical (unpaired) electrons. The fraction of sp³-hybridized carbons (Fsp3) is 1.00. The summed E-state index contributed by atoms with van der Waals surface area (Å²) < 4.78 is 5.82. The van der Waals surface area contributed by atoms with Gasteiger partial charge >= 0.3 is 0 Å². The fourth-order valence-corrected chi connectivity index (χ4v) is 3.15. The molecule has 1 aliphatic carbocycles. The summed E-state index contributed by atoms with van der Waals surface area (Å²) in [4.78, 5) is 0. The van der Waals surface area contributed by atoms with Crippen LogP contribution in [0.3, 0.4) is 0 Å². The standard InChI is InChI=1S/C14H30N2O/c1-5-13(17-6-2)14(16-15)12-8-7-10(3)11(4)9-12/h10-14,16H,5-9,15H2,1-4H3. The summed E-state index contributed by atoms with van der Waals surface area (Å²) in [6.45, 7) is 9.74. The zero-order valence-electron chi connectivity index (χ0n) is 11.9. The first-order valence-corrected chi connectivity index (χ1v) is 7.21. The summed E-state index contributed by atoms with van der Waals surface area (Å²) in [5.41, 5.74) is 3.02. The number of ether oxygens (including phenoxy) is 1. The predicted molar refractivity (Wildman–Crippen MR) is 72.5 cm³/mol. The predicted octanol–water partition coefficient (Wildman–Crippen LogP) is 2.71. The Morgan fingerprint density at radius 2 is 1.94 bits per heavy atom. The second-order valence-corrected chi connectivity index (χ2v) is 5.62. The minimum atomic E-state index is 0.260. The van der Waals surface area contributed by atoms with Crippen LogP contribution in [0.2, 0.25) is 0 Å². The van der Waals surface area contributed by atoms with E-state index in [9.17, 15) is 0 Å². The molecule has 102 valence electrons. The number of hydrogen-bond acceptors (Lipinski definition) is 3. The highest BCUT2D eigenvalue weighted by atomic mass is 16.5. The number of hydrogen-bond donors (Lipinski definition) is 2. The number of hydrazine groups is 1. The molecule has 0 heterocycles. The van der Waals surface area contributed by atoms with Gasteiger partial charge in [-0.1, -0.05) is 27.2 Å². The molecule has 3 nitrogen and oxygen atoms in total. The molecule has 5 unspecified atom stereocenters. The largest absolute Gasteiger partial charge is 0.377 e. The molecule has 0 aromatic heterocycles. The second-order valence-electron chi connectivity index (χ2n) is 5.62. The molecule has 17 heavy (non-hydrogen) atoms. The van der Waals surface area contributed by atoms with Crippen LogP contribution in [0.5, 0.6) is 0 Å². The fourth-order valence-electron chi connectivity index (χ4n) is 3.15. The van der Waals surface area contributed by atoms with Gasteiger partial charge in [0.2, 0.25) is 0 Å². The monoisotopic (exact) mass is 242 g/mol. The molecule has 0 bridgehead atoms. The zero-order chi connectivity index (χ0) is 12.8. The average Bonchev–Trinajstić information content (AvgIpc) is 2.33. The number of nitrogens with two attached hydrogens (primary N) is 1. The van der Waals surface area contributed by atoms with Crippen molar-refractivity contribution in [2.75, 3.05) is 6.61 Å². The lowest BCUT2D eigenvalue weighted by molar-refractivity contribution is 0.00206. The molecule has 0 saturated heterocycles. The Bertz CT molecular complexity index is 210. The summed E-state index contributed by atoms with van der Waals surface area (Å²) in [5.74, 6) is 8.10. The van der Waals surface area contributed by atoms with Gasteiger partial charge in [0, 0.05) is 6.61 Å². The van der Waals surface area contributed by atoms with E-state index in [-0.39, 0.29) is 6.10 Å². The van der Waals surface area contributed by atoms with Crippen LogP contribution >= 0.6 is 0 Å². The maximum atomic E-state index is 5.82. The molecule has 0 aromatic carbocycles. The smallest absolute Gasteiger partial charge is 0.0741 e. The number of rotatable bonds is 6. The first-order chi connectivity index (χ1) is 8.13. The van der Waals surface area contributed by atoms with Crippen molar-refractivity contribution in [3.63, 3.8) is 0 Å². The third-order valence-electron chi connectivity index (χ3n) is 4.52. The van der Waals surface area contributed by atoms with Gasteiger partial charge in [-0.25, -0.2) is 0 Å². The number of nitrogens with one attached hydrogen (secondary N) is 1. The van der Waals surface area contributed by atoms with Crippen LogP contribution in [0.4, 0.5) is 0 Å². The van der Waals surface area contributed by atoms with Crippen LogP contribution < -0.4 is 11.3 Å². The van der Waals surface area contributed by atoms with Crippen molar-refractivity contribution in [1.29, 1.82) is 0 Å². The summed E-state index contributed by atoms with van der Waals surface area (Å²) >= 11 is 0. The topological polar surface area (TPSA) is 47.3 Å². The normalized spacial score (nSPS) is 33.4. The molecular formula is C14H30N2O. The van der Waals surface area contributed by atoms with Gasteiger partial charge in [-0.2, -0.15) is 0 Å². The Labute approximate surface area is 106 Å². The van der Waals surface area contributed by atoms with Crippen molar-refractivity contribution in [2.24, 2.45) is 23.6 Å². The average molecular weight is 242 g/mol. The summed E-state index contributed by atoms with van der Waals surface area (Å²) in [6, 6.07) is 0.315. The molecule has 1 rings (SSSR count). The van der Waals surface area contributed by atoms with Gasteiger partial charge in [0.15, 0.2) is 0 Å². The van der Waals surface area contributed by atoms with Gasteiger partial charge in [-0.05, 0) is 43.9 Å². The van der Waals surface area contributed by atoms with Gasteiger partial charge in [-0.15, -0.1) is 0 Å². The van der Waals surface area contributed by atoms with E-state index < -0.39 is 0 Å². The molecule has 1 fully saturated rings. The Balaban J connectivity index is 2.60. The van der Waals surface area contributed by atoms with E-state index >= 15 is 0 Å². The first kappa shape index (κ1) is 14.9. The maximum absolute atomic E-state index is 5.82. The Morgan fingerprint density at radius 3 is 2.41 bits per heavy atom. The van der Waals surface area contributed by atoms with Crippen molar-refractivity contribution in [3.8, 4) is 0 Å². The van der Waals surface area contributed by atoms with Crippen molar-refractivity contribution >= 4 is 0 Å². The third-order valence-corrected chi connectivity index (χ3v) is 4.52. The van der Waals surface area contributed by atoms with Gasteiger partial charge in [0.1, 0.15) is 0 Å². The molecular weight excluding hydrogens is 212 g/mol. The summed E-state index contributed by atoms with van der Waals surface area (Å²) in [6.07, 6.45) is 5.18. The molecule has 1 saturated carbocycles. The molecule has 5 atom stereocenters. The zero-order valence-corrected chi connectivity index (χ0v) is 11.9. The lowest BCUT2D eigenvalue weighted by Gasteiger charge is -2.39. The Hall–Kier alpha value is -0.120. The van der Waals surface area contributed by atoms with E-state index in [4.69, 9.17) is 10.6 Å². The van der Waals surface area contributed by atoms with Crippen LogP contribution in [0.25, 0.3) is 0 Å². The lowest BCUT2D eigenvalue weighted by Crippen LogP contribution is -2.51. The van der Waals surface area contributed by atoms with Crippen LogP contribution in [0.15, 0.2) is 0 Å². The minimum Gasteiger partial charge on any atom is -0.377 e. The molecule has 0 amide bonds. The van der Waals surface area contributed by atoms with Crippen molar-refractivity contribution in [1.82, 2.24) is 5.43 Å². The van der Waals surface area contributed by atoms with Crippen molar-refractivity contribution in [3.05, 3.63) is 0 Å². The lowest BCUT2D eigenvalue weighted by atomic mass is 9.72. The van der Waals surface area contributed by atoms with Gasteiger partial charge in [0.25, 0.3) is 0 Å². The van der Waals surface area contributed by atoms with Crippen LogP contribution in [0, 0.1) is 17.8 Å². The Kier molecular flexibility index (Phi) is 6.45. The van der Waals surface area contributed by atoms with E-state index in [1.165, 1.54) is 19.3 Å². The highest BCUT2D eigenvalue weighted by Crippen LogP contribution is 2.36. The minimum absolute atomic E-state index is 0.260. The van der Waals surface area contributed by atoms with Gasteiger partial charge in [0.05, 0.1) is 12.1 Å². The SMILES string of the molecule is CCOC(CC)C(NN)C1CCC(C)C(C)C1. The van der Waals surface area contributed by atoms with E-state index in [1.54, 1.807) is 0 Å². The van der Waals surface area contributed by atoms with Gasteiger partial charge in [-0.3, -0.25) is 11.3 Å². The highest BCUT2D eigenvalue weighted by molar-refractivity contribution is 4.87. The highest BCUT2D eigenvalue weighted by Gasteiger charge is 2.33. The molecule has 3 heteroatoms. The third kappa shape index (κ3) is 3.94. The molecule has 3 N–H and O–H groups in total. The van der Waals surface area contributed by atoms with Gasteiger partial charge < -0.3 is 4.74 Å². The molecule has 0 aliphatic heterocycles. The summed E-state index contributed by atoms with van der Waals surface area (Å²) in [5, 5.41) is 0. The Morgan fingerprint density at radius 1 is 1.24 bits per heavy atom. The van der Waals surface area contributed by atoms with Crippen LogP contribution in [-0.2, 0) is 4.74 Å². The van der Waals surface area contributed by atoms with Crippen LogP contribution in [-0.4, -0.2) is 18.8 Å². The van der Waals surface area contributed by atoms with E-state index in [0.717, 1.165) is 24.9 Å². The van der Waals surface area contributed by atoms with E-state index in [2.05, 4.69) is 33.1 Å². The molecule has 0 aromatic rings. The van der Waals surface area contributed by atoms with Crippen molar-refractivity contribution in [2.45, 2.75) is 65.5 Å². The first-order valence-electron chi connectivity index (χ1n) is 7.21. The second kappa shape index (κ2) is 7.34. The van der Waals surface area contributed by atoms with E-state index in [0.29, 0.717) is 12.0 Å². The quantitative estimate of drug-likeness (QED) is 0.556. The van der Waals surface area contributed by atoms with E-state index in [1.807, 2.05) is 0 Å². The molecule has 1 aliphatic rings. The van der Waals surface area contributed by atoms with Crippen LogP contribution in [0.1, 0.15) is 53.4 Å². The van der Waals surface area contributed by atoms with Crippen molar-refractivity contribution < 1.29 is 4.74 Å².